The van der Waals surface area contributed by atoms with Crippen molar-refractivity contribution in [2.24, 2.45) is 0 Å². The molecule has 0 aliphatic heterocycles. The molecule has 23 heavy (non-hydrogen) atoms. The third-order valence-electron chi connectivity index (χ3n) is 3.63. The van der Waals surface area contributed by atoms with E-state index in [-0.39, 0.29) is 5.56 Å². The number of nitrogens with zero attached hydrogens (tertiary/aromatic N) is 2. The lowest BCUT2D eigenvalue weighted by Crippen LogP contribution is -2.29. The van der Waals surface area contributed by atoms with Crippen LogP contribution in [-0.2, 0) is 9.53 Å². The third-order valence-corrected chi connectivity index (χ3v) is 4.77. The lowest BCUT2D eigenvalue weighted by atomic mass is 10.1. The van der Waals surface area contributed by atoms with Crippen molar-refractivity contribution in [3.63, 3.8) is 0 Å². The Labute approximate surface area is 141 Å². The molecular formula is C16H13ClN2O3S. The van der Waals surface area contributed by atoms with Gasteiger partial charge in [0.05, 0.1) is 18.8 Å². The van der Waals surface area contributed by atoms with Crippen molar-refractivity contribution in [2.75, 3.05) is 7.11 Å². The molecule has 1 unspecified atom stereocenters. The number of rotatable bonds is 3. The van der Waals surface area contributed by atoms with Gasteiger partial charge in [-0.2, -0.15) is 0 Å². The standard InChI is InChI=1S/C16H13ClN2O3S/c1-9(16(21)22-2)19-8-18-14-13(15(19)20)12(7-23-14)10-3-5-11(17)6-4-10/h3-9H,1-2H3. The second-order valence-corrected chi connectivity index (χ2v) is 6.29. The van der Waals surface area contributed by atoms with Crippen molar-refractivity contribution in [2.45, 2.75) is 13.0 Å². The summed E-state index contributed by atoms with van der Waals surface area (Å²) in [7, 11) is 1.29. The van der Waals surface area contributed by atoms with Crippen LogP contribution in [0.15, 0.2) is 40.8 Å². The maximum Gasteiger partial charge on any atom is 0.328 e. The quantitative estimate of drug-likeness (QED) is 0.679. The first-order valence-electron chi connectivity index (χ1n) is 6.85. The van der Waals surface area contributed by atoms with Gasteiger partial charge in [-0.15, -0.1) is 11.3 Å². The van der Waals surface area contributed by atoms with Crippen LogP contribution in [0.2, 0.25) is 5.02 Å². The number of carbonyl (C=O) groups is 1. The van der Waals surface area contributed by atoms with Gasteiger partial charge in [0.25, 0.3) is 5.56 Å². The molecular weight excluding hydrogens is 336 g/mol. The smallest absolute Gasteiger partial charge is 0.328 e. The summed E-state index contributed by atoms with van der Waals surface area (Å²) in [6.07, 6.45) is 1.38. The number of methoxy groups -OCH3 is 1. The van der Waals surface area contributed by atoms with E-state index < -0.39 is 12.0 Å². The molecule has 0 aliphatic carbocycles. The number of esters is 1. The molecule has 118 valence electrons. The lowest BCUT2D eigenvalue weighted by molar-refractivity contribution is -0.144. The number of ether oxygens (including phenoxy) is 1. The van der Waals surface area contributed by atoms with Crippen LogP contribution in [0.5, 0.6) is 0 Å². The summed E-state index contributed by atoms with van der Waals surface area (Å²) in [5.74, 6) is -0.489. The molecule has 5 nitrogen and oxygen atoms in total. The third kappa shape index (κ3) is 2.75. The maximum atomic E-state index is 12.8. The Morgan fingerprint density at radius 1 is 1.35 bits per heavy atom. The molecule has 3 aromatic rings. The minimum Gasteiger partial charge on any atom is -0.467 e. The molecule has 0 saturated carbocycles. The van der Waals surface area contributed by atoms with Crippen molar-refractivity contribution in [3.05, 3.63) is 51.3 Å². The Balaban J connectivity index is 2.20. The molecule has 3 rings (SSSR count). The molecule has 0 saturated heterocycles. The highest BCUT2D eigenvalue weighted by Crippen LogP contribution is 2.31. The summed E-state index contributed by atoms with van der Waals surface area (Å²) in [5, 5.41) is 3.01. The molecule has 2 aromatic heterocycles. The first-order valence-corrected chi connectivity index (χ1v) is 8.10. The largest absolute Gasteiger partial charge is 0.467 e. The summed E-state index contributed by atoms with van der Waals surface area (Å²) >= 11 is 7.30. The van der Waals surface area contributed by atoms with E-state index in [0.29, 0.717) is 15.2 Å². The summed E-state index contributed by atoms with van der Waals surface area (Å²) in [4.78, 5) is 29.4. The van der Waals surface area contributed by atoms with E-state index in [1.54, 1.807) is 19.1 Å². The fourth-order valence-electron chi connectivity index (χ4n) is 2.35. The van der Waals surface area contributed by atoms with Gasteiger partial charge in [-0.25, -0.2) is 9.78 Å². The Morgan fingerprint density at radius 3 is 2.70 bits per heavy atom. The van der Waals surface area contributed by atoms with E-state index >= 15 is 0 Å². The van der Waals surface area contributed by atoms with E-state index in [1.807, 2.05) is 17.5 Å². The second kappa shape index (κ2) is 6.14. The van der Waals surface area contributed by atoms with E-state index in [2.05, 4.69) is 4.98 Å². The number of benzene rings is 1. The highest BCUT2D eigenvalue weighted by atomic mass is 35.5. The minimum atomic E-state index is -0.734. The predicted molar refractivity (Wildman–Crippen MR) is 91.1 cm³/mol. The fourth-order valence-corrected chi connectivity index (χ4v) is 3.38. The van der Waals surface area contributed by atoms with Crippen LogP contribution in [0.3, 0.4) is 0 Å². The average molecular weight is 349 g/mol. The average Bonchev–Trinajstić information content (AvgIpc) is 2.99. The van der Waals surface area contributed by atoms with Gasteiger partial charge in [0.15, 0.2) is 0 Å². The molecule has 0 radical (unpaired) electrons. The summed E-state index contributed by atoms with van der Waals surface area (Å²) in [6.45, 7) is 1.61. The number of fused-ring (bicyclic) bond motifs is 1. The van der Waals surface area contributed by atoms with Crippen LogP contribution in [0.4, 0.5) is 0 Å². The Hall–Kier alpha value is -2.18. The second-order valence-electron chi connectivity index (χ2n) is 4.99. The first kappa shape index (κ1) is 15.7. The van der Waals surface area contributed by atoms with Crippen molar-refractivity contribution >= 4 is 39.1 Å². The van der Waals surface area contributed by atoms with Gasteiger partial charge in [0.1, 0.15) is 10.9 Å². The van der Waals surface area contributed by atoms with Gasteiger partial charge < -0.3 is 4.74 Å². The number of carbonyl (C=O) groups excluding carboxylic acids is 1. The Morgan fingerprint density at radius 2 is 2.04 bits per heavy atom. The molecule has 0 N–H and O–H groups in total. The zero-order valence-corrected chi connectivity index (χ0v) is 14.0. The SMILES string of the molecule is COC(=O)C(C)n1cnc2scc(-c3ccc(Cl)cc3)c2c1=O. The van der Waals surface area contributed by atoms with Gasteiger partial charge in [0, 0.05) is 16.0 Å². The molecule has 1 aromatic carbocycles. The Bertz CT molecular complexity index is 931. The van der Waals surface area contributed by atoms with Gasteiger partial charge >= 0.3 is 5.97 Å². The zero-order chi connectivity index (χ0) is 16.6. The number of hydrogen-bond acceptors (Lipinski definition) is 5. The van der Waals surface area contributed by atoms with Crippen LogP contribution in [-0.4, -0.2) is 22.6 Å². The molecule has 7 heteroatoms. The van der Waals surface area contributed by atoms with E-state index in [1.165, 1.54) is 29.3 Å². The number of hydrogen-bond donors (Lipinski definition) is 0. The minimum absolute atomic E-state index is 0.265. The van der Waals surface area contributed by atoms with Crippen molar-refractivity contribution in [1.82, 2.24) is 9.55 Å². The van der Waals surface area contributed by atoms with Gasteiger partial charge in [0.2, 0.25) is 0 Å². The number of halogens is 1. The normalized spacial score (nSPS) is 12.3. The van der Waals surface area contributed by atoms with E-state index in [4.69, 9.17) is 16.3 Å². The summed E-state index contributed by atoms with van der Waals surface area (Å²) in [5.41, 5.74) is 1.40. The Kier molecular flexibility index (Phi) is 4.19. The zero-order valence-electron chi connectivity index (χ0n) is 12.4. The fraction of sp³-hybridized carbons (Fsp3) is 0.188. The first-order chi connectivity index (χ1) is 11.0. The van der Waals surface area contributed by atoms with Crippen molar-refractivity contribution in [1.29, 1.82) is 0 Å². The lowest BCUT2D eigenvalue weighted by Gasteiger charge is -2.12. The molecule has 0 spiro atoms. The van der Waals surface area contributed by atoms with Crippen molar-refractivity contribution in [3.8, 4) is 11.1 Å². The van der Waals surface area contributed by atoms with Crippen LogP contribution in [0.25, 0.3) is 21.3 Å². The highest BCUT2D eigenvalue weighted by Gasteiger charge is 2.20. The van der Waals surface area contributed by atoms with Gasteiger partial charge in [-0.1, -0.05) is 23.7 Å². The predicted octanol–water partition coefficient (Wildman–Crippen LogP) is 3.51. The molecule has 0 fully saturated rings. The molecule has 0 amide bonds. The molecule has 0 bridgehead atoms. The van der Waals surface area contributed by atoms with Gasteiger partial charge in [-0.3, -0.25) is 9.36 Å². The van der Waals surface area contributed by atoms with E-state index in [9.17, 15) is 9.59 Å². The van der Waals surface area contributed by atoms with Crippen LogP contribution in [0.1, 0.15) is 13.0 Å². The van der Waals surface area contributed by atoms with Crippen molar-refractivity contribution < 1.29 is 9.53 Å². The number of thiophene rings is 1. The van der Waals surface area contributed by atoms with Crippen LogP contribution in [0, 0.1) is 0 Å². The maximum absolute atomic E-state index is 12.8. The van der Waals surface area contributed by atoms with E-state index in [0.717, 1.165) is 11.1 Å². The van der Waals surface area contributed by atoms with Crippen LogP contribution < -0.4 is 5.56 Å². The summed E-state index contributed by atoms with van der Waals surface area (Å²) in [6, 6.07) is 6.51. The highest BCUT2D eigenvalue weighted by molar-refractivity contribution is 7.17. The van der Waals surface area contributed by atoms with Crippen LogP contribution >= 0.6 is 22.9 Å². The molecule has 2 heterocycles. The topological polar surface area (TPSA) is 61.2 Å². The summed E-state index contributed by atoms with van der Waals surface area (Å²) < 4.78 is 6.00. The monoisotopic (exact) mass is 348 g/mol. The molecule has 1 atom stereocenters. The molecule has 0 aliphatic rings. The van der Waals surface area contributed by atoms with Gasteiger partial charge in [-0.05, 0) is 24.6 Å². The number of aromatic nitrogens is 2.